The molecule has 1 aliphatic heterocycles. The number of nitrogens with zero attached hydrogens (tertiary/aromatic N) is 6. The van der Waals surface area contributed by atoms with Crippen LogP contribution in [0.15, 0.2) is 6.33 Å². The minimum absolute atomic E-state index is 0.384. The molecule has 0 aliphatic carbocycles. The third-order valence-electron chi connectivity index (χ3n) is 3.94. The molecule has 1 fully saturated rings. The van der Waals surface area contributed by atoms with Crippen LogP contribution in [-0.4, -0.2) is 44.3 Å². The van der Waals surface area contributed by atoms with Crippen molar-refractivity contribution >= 4 is 16.7 Å². The standard InChI is InChI=1S/C14H22N6OS/c1-10(2)20-9-15-17-13(20)11-5-4-6-19(7-11)14-16-12(8-21-3)18-22-14/h9-11H,4-8H2,1-3H3. The summed E-state index contributed by atoms with van der Waals surface area (Å²) in [7, 11) is 1.66. The zero-order valence-corrected chi connectivity index (χ0v) is 14.1. The Balaban J connectivity index is 1.74. The summed E-state index contributed by atoms with van der Waals surface area (Å²) < 4.78 is 11.6. The quantitative estimate of drug-likeness (QED) is 0.841. The lowest BCUT2D eigenvalue weighted by Crippen LogP contribution is -2.35. The molecular weight excluding hydrogens is 300 g/mol. The Labute approximate surface area is 134 Å². The number of ether oxygens (including phenoxy) is 1. The lowest BCUT2D eigenvalue weighted by molar-refractivity contribution is 0.179. The second-order valence-electron chi connectivity index (χ2n) is 5.90. The molecule has 0 saturated carbocycles. The maximum Gasteiger partial charge on any atom is 0.205 e. The molecule has 0 radical (unpaired) electrons. The molecule has 22 heavy (non-hydrogen) atoms. The lowest BCUT2D eigenvalue weighted by atomic mass is 9.97. The maximum absolute atomic E-state index is 5.09. The minimum Gasteiger partial charge on any atom is -0.377 e. The molecule has 0 N–H and O–H groups in total. The van der Waals surface area contributed by atoms with E-state index in [1.165, 1.54) is 11.5 Å². The Bertz CT molecular complexity index is 610. The number of piperidine rings is 1. The number of anilines is 1. The summed E-state index contributed by atoms with van der Waals surface area (Å²) >= 11 is 1.45. The zero-order chi connectivity index (χ0) is 15.5. The maximum atomic E-state index is 5.09. The highest BCUT2D eigenvalue weighted by molar-refractivity contribution is 7.09. The molecule has 3 rings (SSSR count). The van der Waals surface area contributed by atoms with Crippen LogP contribution in [0.2, 0.25) is 0 Å². The summed E-state index contributed by atoms with van der Waals surface area (Å²) in [4.78, 5) is 6.87. The number of methoxy groups -OCH3 is 1. The van der Waals surface area contributed by atoms with Gasteiger partial charge in [-0.3, -0.25) is 0 Å². The number of hydrogen-bond donors (Lipinski definition) is 0. The largest absolute Gasteiger partial charge is 0.377 e. The van der Waals surface area contributed by atoms with E-state index in [0.717, 1.165) is 42.7 Å². The molecule has 120 valence electrons. The molecule has 2 aromatic heterocycles. The fraction of sp³-hybridized carbons (Fsp3) is 0.714. The van der Waals surface area contributed by atoms with Gasteiger partial charge in [-0.15, -0.1) is 10.2 Å². The fourth-order valence-electron chi connectivity index (χ4n) is 2.86. The van der Waals surface area contributed by atoms with Crippen molar-refractivity contribution in [2.75, 3.05) is 25.1 Å². The fourth-order valence-corrected chi connectivity index (χ4v) is 3.57. The molecule has 1 saturated heterocycles. The normalized spacial score (nSPS) is 19.1. The first-order valence-electron chi connectivity index (χ1n) is 7.65. The summed E-state index contributed by atoms with van der Waals surface area (Å²) in [6.07, 6.45) is 4.11. The van der Waals surface area contributed by atoms with Crippen LogP contribution in [0.25, 0.3) is 0 Å². The van der Waals surface area contributed by atoms with Crippen molar-refractivity contribution in [3.63, 3.8) is 0 Å². The van der Waals surface area contributed by atoms with E-state index >= 15 is 0 Å². The van der Waals surface area contributed by atoms with Gasteiger partial charge in [-0.25, -0.2) is 4.98 Å². The molecule has 8 heteroatoms. The van der Waals surface area contributed by atoms with Gasteiger partial charge in [0.25, 0.3) is 0 Å². The molecular formula is C14H22N6OS. The molecule has 7 nitrogen and oxygen atoms in total. The topological polar surface area (TPSA) is 69.0 Å². The van der Waals surface area contributed by atoms with Crippen molar-refractivity contribution in [2.24, 2.45) is 0 Å². The van der Waals surface area contributed by atoms with E-state index in [1.807, 2.05) is 6.33 Å². The van der Waals surface area contributed by atoms with E-state index in [2.05, 4.69) is 42.9 Å². The van der Waals surface area contributed by atoms with Crippen molar-refractivity contribution in [3.8, 4) is 0 Å². The molecule has 1 aliphatic rings. The molecule has 0 bridgehead atoms. The van der Waals surface area contributed by atoms with Crippen LogP contribution in [0.3, 0.4) is 0 Å². The van der Waals surface area contributed by atoms with Gasteiger partial charge in [0.1, 0.15) is 18.8 Å². The Morgan fingerprint density at radius 3 is 3.09 bits per heavy atom. The van der Waals surface area contributed by atoms with E-state index < -0.39 is 0 Å². The zero-order valence-electron chi connectivity index (χ0n) is 13.3. The predicted molar refractivity (Wildman–Crippen MR) is 85.2 cm³/mol. The van der Waals surface area contributed by atoms with Crippen LogP contribution < -0.4 is 4.90 Å². The highest BCUT2D eigenvalue weighted by atomic mass is 32.1. The van der Waals surface area contributed by atoms with Gasteiger partial charge < -0.3 is 14.2 Å². The highest BCUT2D eigenvalue weighted by Gasteiger charge is 2.27. The SMILES string of the molecule is COCc1nsc(N2CCCC(c3nncn3C(C)C)C2)n1. The van der Waals surface area contributed by atoms with Crippen molar-refractivity contribution in [2.45, 2.75) is 45.3 Å². The van der Waals surface area contributed by atoms with Crippen LogP contribution in [0.4, 0.5) is 5.13 Å². The van der Waals surface area contributed by atoms with Gasteiger partial charge in [-0.1, -0.05) is 0 Å². The smallest absolute Gasteiger partial charge is 0.205 e. The van der Waals surface area contributed by atoms with Gasteiger partial charge in [-0.2, -0.15) is 4.37 Å². The second kappa shape index (κ2) is 6.70. The van der Waals surface area contributed by atoms with Crippen LogP contribution in [0.5, 0.6) is 0 Å². The average Bonchev–Trinajstić information content (AvgIpc) is 3.17. The van der Waals surface area contributed by atoms with Crippen LogP contribution >= 0.6 is 11.5 Å². The average molecular weight is 322 g/mol. The van der Waals surface area contributed by atoms with Crippen LogP contribution in [0, 0.1) is 0 Å². The highest BCUT2D eigenvalue weighted by Crippen LogP contribution is 2.30. The summed E-state index contributed by atoms with van der Waals surface area (Å²) in [5.41, 5.74) is 0. The molecule has 0 aromatic carbocycles. The Morgan fingerprint density at radius 1 is 1.45 bits per heavy atom. The number of hydrogen-bond acceptors (Lipinski definition) is 7. The molecule has 0 spiro atoms. The van der Waals surface area contributed by atoms with E-state index in [4.69, 9.17) is 4.74 Å². The molecule has 3 heterocycles. The molecule has 0 amide bonds. The Hall–Kier alpha value is -1.54. The van der Waals surface area contributed by atoms with Crippen molar-refractivity contribution < 1.29 is 4.74 Å². The van der Waals surface area contributed by atoms with Gasteiger partial charge in [0, 0.05) is 43.7 Å². The van der Waals surface area contributed by atoms with Gasteiger partial charge in [0.2, 0.25) is 5.13 Å². The first-order chi connectivity index (χ1) is 10.7. The second-order valence-corrected chi connectivity index (χ2v) is 6.63. The van der Waals surface area contributed by atoms with Crippen molar-refractivity contribution in [3.05, 3.63) is 18.0 Å². The number of rotatable bonds is 5. The minimum atomic E-state index is 0.384. The van der Waals surface area contributed by atoms with E-state index in [1.54, 1.807) is 7.11 Å². The summed E-state index contributed by atoms with van der Waals surface area (Å²) in [6.45, 7) is 6.74. The van der Waals surface area contributed by atoms with E-state index in [-0.39, 0.29) is 0 Å². The van der Waals surface area contributed by atoms with Gasteiger partial charge in [0.15, 0.2) is 5.82 Å². The number of aromatic nitrogens is 5. The summed E-state index contributed by atoms with van der Waals surface area (Å²) in [6, 6.07) is 0.384. The van der Waals surface area contributed by atoms with Crippen molar-refractivity contribution in [1.29, 1.82) is 0 Å². The van der Waals surface area contributed by atoms with E-state index in [9.17, 15) is 0 Å². The van der Waals surface area contributed by atoms with Crippen LogP contribution in [-0.2, 0) is 11.3 Å². The third-order valence-corrected chi connectivity index (χ3v) is 4.76. The molecule has 2 aromatic rings. The summed E-state index contributed by atoms with van der Waals surface area (Å²) in [5, 5.41) is 9.43. The lowest BCUT2D eigenvalue weighted by Gasteiger charge is -2.32. The van der Waals surface area contributed by atoms with Crippen molar-refractivity contribution in [1.82, 2.24) is 24.1 Å². The first kappa shape index (κ1) is 15.4. The predicted octanol–water partition coefficient (Wildman–Crippen LogP) is 2.24. The molecule has 1 unspecified atom stereocenters. The van der Waals surface area contributed by atoms with Gasteiger partial charge in [0.05, 0.1) is 0 Å². The van der Waals surface area contributed by atoms with Gasteiger partial charge >= 0.3 is 0 Å². The van der Waals surface area contributed by atoms with E-state index in [0.29, 0.717) is 18.6 Å². The third kappa shape index (κ3) is 3.12. The monoisotopic (exact) mass is 322 g/mol. The Kier molecular flexibility index (Phi) is 4.68. The first-order valence-corrected chi connectivity index (χ1v) is 8.42. The summed E-state index contributed by atoms with van der Waals surface area (Å²) in [5.74, 6) is 2.24. The molecule has 1 atom stereocenters. The van der Waals surface area contributed by atoms with Gasteiger partial charge in [-0.05, 0) is 26.7 Å². The Morgan fingerprint density at radius 2 is 2.32 bits per heavy atom. The van der Waals surface area contributed by atoms with Crippen LogP contribution in [0.1, 0.15) is 50.3 Å².